The molecule has 0 atom stereocenters. The molecule has 0 fully saturated rings. The number of hydrogen-bond donors (Lipinski definition) is 2. The summed E-state index contributed by atoms with van der Waals surface area (Å²) in [6, 6.07) is 1.66. The third-order valence-electron chi connectivity index (χ3n) is 1.91. The van der Waals surface area contributed by atoms with Gasteiger partial charge in [-0.05, 0) is 0 Å². The number of halogens is 1. The molecule has 0 aromatic carbocycles. The molecule has 6 heteroatoms. The van der Waals surface area contributed by atoms with Gasteiger partial charge in [0.05, 0.1) is 0 Å². The highest BCUT2D eigenvalue weighted by Gasteiger charge is 2.21. The number of carbonyl (C=O) groups excluding carboxylic acids is 1. The zero-order valence-corrected chi connectivity index (χ0v) is 10.6. The highest BCUT2D eigenvalue weighted by atomic mass is 35.5. The Morgan fingerprint density at radius 3 is 2.62 bits per heavy atom. The fraction of sp³-hybridized carbons (Fsp3) is 0.600. The fourth-order valence-corrected chi connectivity index (χ4v) is 1.01. The van der Waals surface area contributed by atoms with E-state index in [-0.39, 0.29) is 23.7 Å². The third kappa shape index (κ3) is 3.83. The van der Waals surface area contributed by atoms with E-state index in [4.69, 9.17) is 10.3 Å². The second-order valence-corrected chi connectivity index (χ2v) is 4.37. The van der Waals surface area contributed by atoms with Crippen LogP contribution in [0.1, 0.15) is 37.0 Å². The summed E-state index contributed by atoms with van der Waals surface area (Å²) in [5.41, 5.74) is 5.43. The fourth-order valence-electron chi connectivity index (χ4n) is 1.01. The highest BCUT2D eigenvalue weighted by Crippen LogP contribution is 2.22. The SMILES string of the molecule is CC(C)(C)c1cc(C(=O)NCCN)no1.Cl. The molecule has 1 rings (SSSR count). The van der Waals surface area contributed by atoms with Crippen molar-refractivity contribution >= 4 is 18.3 Å². The van der Waals surface area contributed by atoms with Gasteiger partial charge in [0.15, 0.2) is 5.69 Å². The Morgan fingerprint density at radius 2 is 2.19 bits per heavy atom. The van der Waals surface area contributed by atoms with Crippen molar-refractivity contribution in [1.29, 1.82) is 0 Å². The molecule has 5 nitrogen and oxygen atoms in total. The van der Waals surface area contributed by atoms with Gasteiger partial charge in [-0.2, -0.15) is 0 Å². The van der Waals surface area contributed by atoms with Crippen LogP contribution in [0, 0.1) is 0 Å². The minimum Gasteiger partial charge on any atom is -0.360 e. The average Bonchev–Trinajstić information content (AvgIpc) is 2.62. The molecule has 0 unspecified atom stereocenters. The van der Waals surface area contributed by atoms with Crippen LogP contribution in [0.4, 0.5) is 0 Å². The van der Waals surface area contributed by atoms with Crippen molar-refractivity contribution < 1.29 is 9.32 Å². The minimum absolute atomic E-state index is 0. The first-order chi connectivity index (χ1) is 6.95. The molecule has 0 aliphatic rings. The van der Waals surface area contributed by atoms with E-state index in [0.29, 0.717) is 24.5 Å². The van der Waals surface area contributed by atoms with E-state index in [1.54, 1.807) is 6.07 Å². The summed E-state index contributed by atoms with van der Waals surface area (Å²) < 4.78 is 5.09. The normalized spacial score (nSPS) is 10.8. The molecule has 1 aromatic heterocycles. The number of amides is 1. The van der Waals surface area contributed by atoms with Crippen LogP contribution in [0.25, 0.3) is 0 Å². The van der Waals surface area contributed by atoms with E-state index >= 15 is 0 Å². The van der Waals surface area contributed by atoms with Crippen molar-refractivity contribution in [2.75, 3.05) is 13.1 Å². The maximum absolute atomic E-state index is 11.5. The lowest BCUT2D eigenvalue weighted by atomic mass is 9.93. The van der Waals surface area contributed by atoms with Crippen molar-refractivity contribution in [2.45, 2.75) is 26.2 Å². The zero-order chi connectivity index (χ0) is 11.5. The standard InChI is InChI=1S/C10H17N3O2.ClH/c1-10(2,3)8-6-7(13-15-8)9(14)12-5-4-11;/h6H,4-5,11H2,1-3H3,(H,12,14);1H. The number of carbonyl (C=O) groups is 1. The first-order valence-electron chi connectivity index (χ1n) is 4.90. The van der Waals surface area contributed by atoms with E-state index in [9.17, 15) is 4.79 Å². The van der Waals surface area contributed by atoms with Gasteiger partial charge < -0.3 is 15.6 Å². The molecule has 0 radical (unpaired) electrons. The minimum atomic E-state index is -0.250. The van der Waals surface area contributed by atoms with Crippen LogP contribution in [-0.4, -0.2) is 24.2 Å². The summed E-state index contributed by atoms with van der Waals surface area (Å²) in [5.74, 6) is 0.445. The Labute approximate surface area is 101 Å². The van der Waals surface area contributed by atoms with Crippen LogP contribution in [-0.2, 0) is 5.41 Å². The van der Waals surface area contributed by atoms with E-state index in [1.807, 2.05) is 20.8 Å². The van der Waals surface area contributed by atoms with Crippen LogP contribution >= 0.6 is 12.4 Å². The van der Waals surface area contributed by atoms with Crippen molar-refractivity contribution in [3.05, 3.63) is 17.5 Å². The van der Waals surface area contributed by atoms with Gasteiger partial charge in [0.1, 0.15) is 5.76 Å². The topological polar surface area (TPSA) is 81.2 Å². The molecule has 0 aliphatic carbocycles. The van der Waals surface area contributed by atoms with Gasteiger partial charge in [-0.15, -0.1) is 12.4 Å². The van der Waals surface area contributed by atoms with Gasteiger partial charge in [0, 0.05) is 24.6 Å². The third-order valence-corrected chi connectivity index (χ3v) is 1.91. The van der Waals surface area contributed by atoms with Crippen molar-refractivity contribution in [3.8, 4) is 0 Å². The lowest BCUT2D eigenvalue weighted by Gasteiger charge is -2.12. The molecule has 16 heavy (non-hydrogen) atoms. The Morgan fingerprint density at radius 1 is 1.56 bits per heavy atom. The Kier molecular flexibility index (Phi) is 5.47. The van der Waals surface area contributed by atoms with E-state index < -0.39 is 0 Å². The number of nitrogens with zero attached hydrogens (tertiary/aromatic N) is 1. The van der Waals surface area contributed by atoms with Crippen molar-refractivity contribution in [3.63, 3.8) is 0 Å². The molecule has 0 saturated carbocycles. The smallest absolute Gasteiger partial charge is 0.273 e. The molecular weight excluding hydrogens is 230 g/mol. The quantitative estimate of drug-likeness (QED) is 0.838. The van der Waals surface area contributed by atoms with Crippen LogP contribution < -0.4 is 11.1 Å². The summed E-state index contributed by atoms with van der Waals surface area (Å²) in [4.78, 5) is 11.5. The summed E-state index contributed by atoms with van der Waals surface area (Å²) in [6.07, 6.45) is 0. The first-order valence-corrected chi connectivity index (χ1v) is 4.90. The molecule has 0 spiro atoms. The Balaban J connectivity index is 0.00000225. The molecule has 1 aromatic rings. The highest BCUT2D eigenvalue weighted by molar-refractivity contribution is 5.92. The number of nitrogens with two attached hydrogens (primary N) is 1. The van der Waals surface area contributed by atoms with Gasteiger partial charge in [0.2, 0.25) is 0 Å². The maximum Gasteiger partial charge on any atom is 0.273 e. The van der Waals surface area contributed by atoms with E-state index in [1.165, 1.54) is 0 Å². The van der Waals surface area contributed by atoms with Crippen molar-refractivity contribution in [2.24, 2.45) is 5.73 Å². The lowest BCUT2D eigenvalue weighted by molar-refractivity contribution is 0.0945. The number of aromatic nitrogens is 1. The van der Waals surface area contributed by atoms with Crippen LogP contribution in [0.3, 0.4) is 0 Å². The molecule has 0 bridgehead atoms. The van der Waals surface area contributed by atoms with Crippen molar-refractivity contribution in [1.82, 2.24) is 10.5 Å². The average molecular weight is 248 g/mol. The predicted octanol–water partition coefficient (Wildman–Crippen LogP) is 1.08. The molecule has 0 saturated heterocycles. The monoisotopic (exact) mass is 247 g/mol. The second-order valence-electron chi connectivity index (χ2n) is 4.37. The molecular formula is C10H18ClN3O2. The van der Waals surface area contributed by atoms with Crippen LogP contribution in [0.2, 0.25) is 0 Å². The van der Waals surface area contributed by atoms with Crippen LogP contribution in [0.5, 0.6) is 0 Å². The van der Waals surface area contributed by atoms with Gasteiger partial charge in [0.25, 0.3) is 5.91 Å². The van der Waals surface area contributed by atoms with Gasteiger partial charge in [-0.3, -0.25) is 4.79 Å². The Hall–Kier alpha value is -1.07. The van der Waals surface area contributed by atoms with Gasteiger partial charge in [-0.25, -0.2) is 0 Å². The molecule has 1 heterocycles. The largest absolute Gasteiger partial charge is 0.360 e. The van der Waals surface area contributed by atoms with E-state index in [0.717, 1.165) is 0 Å². The second kappa shape index (κ2) is 5.86. The number of nitrogens with one attached hydrogen (secondary N) is 1. The Bertz CT molecular complexity index is 344. The van der Waals surface area contributed by atoms with Gasteiger partial charge >= 0.3 is 0 Å². The van der Waals surface area contributed by atoms with Crippen LogP contribution in [0.15, 0.2) is 10.6 Å². The summed E-state index contributed by atoms with van der Waals surface area (Å²) in [5, 5.41) is 6.33. The molecule has 3 N–H and O–H groups in total. The number of hydrogen-bond acceptors (Lipinski definition) is 4. The molecule has 1 amide bonds. The first kappa shape index (κ1) is 14.9. The zero-order valence-electron chi connectivity index (χ0n) is 9.74. The summed E-state index contributed by atoms with van der Waals surface area (Å²) >= 11 is 0. The molecule has 0 aliphatic heterocycles. The molecule has 92 valence electrons. The van der Waals surface area contributed by atoms with E-state index in [2.05, 4.69) is 10.5 Å². The van der Waals surface area contributed by atoms with Gasteiger partial charge in [-0.1, -0.05) is 25.9 Å². The lowest BCUT2D eigenvalue weighted by Crippen LogP contribution is -2.29. The summed E-state index contributed by atoms with van der Waals surface area (Å²) in [7, 11) is 0. The number of rotatable bonds is 3. The maximum atomic E-state index is 11.5. The summed E-state index contributed by atoms with van der Waals surface area (Å²) in [6.45, 7) is 6.84. The predicted molar refractivity (Wildman–Crippen MR) is 63.8 cm³/mol.